The third-order valence-electron chi connectivity index (χ3n) is 3.51. The van der Waals surface area contributed by atoms with Crippen molar-refractivity contribution >= 4 is 11.6 Å². The summed E-state index contributed by atoms with van der Waals surface area (Å²) in [5.41, 5.74) is 2.67. The molecule has 2 heteroatoms. The van der Waals surface area contributed by atoms with Crippen molar-refractivity contribution < 1.29 is 9.59 Å². The fraction of sp³-hybridized carbons (Fsp3) is 0.579. The zero-order chi connectivity index (χ0) is 16.4. The average Bonchev–Trinajstić information content (AvgIpc) is 2.33. The number of hydrogen-bond donors (Lipinski definition) is 0. The van der Waals surface area contributed by atoms with Crippen LogP contribution < -0.4 is 0 Å². The summed E-state index contributed by atoms with van der Waals surface area (Å²) in [7, 11) is 0. The Bertz CT molecular complexity index is 507. The minimum Gasteiger partial charge on any atom is -0.300 e. The maximum Gasteiger partial charge on any atom is 0.163 e. The number of carbonyl (C=O) groups is 2. The highest BCUT2D eigenvalue weighted by atomic mass is 16.1. The number of ketones is 2. The summed E-state index contributed by atoms with van der Waals surface area (Å²) >= 11 is 0. The van der Waals surface area contributed by atoms with E-state index in [0.717, 1.165) is 11.1 Å². The summed E-state index contributed by atoms with van der Waals surface area (Å²) in [6.07, 6.45) is 0.597. The number of carbonyl (C=O) groups excluding carboxylic acids is 2. The van der Waals surface area contributed by atoms with Gasteiger partial charge in [0, 0.05) is 18.4 Å². The van der Waals surface area contributed by atoms with Gasteiger partial charge in [-0.15, -0.1) is 0 Å². The van der Waals surface area contributed by atoms with Crippen molar-refractivity contribution in [2.45, 2.75) is 72.1 Å². The van der Waals surface area contributed by atoms with Crippen molar-refractivity contribution in [1.82, 2.24) is 0 Å². The highest BCUT2D eigenvalue weighted by Crippen LogP contribution is 2.30. The third-order valence-corrected chi connectivity index (χ3v) is 3.51. The van der Waals surface area contributed by atoms with E-state index in [1.165, 1.54) is 6.92 Å². The summed E-state index contributed by atoms with van der Waals surface area (Å²) in [6.45, 7) is 14.2. The molecular formula is C19H27O2. The molecule has 1 radical (unpaired) electrons. The smallest absolute Gasteiger partial charge is 0.163 e. The van der Waals surface area contributed by atoms with E-state index in [1.54, 1.807) is 0 Å². The monoisotopic (exact) mass is 287 g/mol. The molecule has 0 saturated heterocycles. The van der Waals surface area contributed by atoms with Crippen molar-refractivity contribution in [2.24, 2.45) is 0 Å². The van der Waals surface area contributed by atoms with Crippen LogP contribution in [0.4, 0.5) is 0 Å². The first-order valence-corrected chi connectivity index (χ1v) is 7.52. The van der Waals surface area contributed by atoms with Crippen LogP contribution in [0.3, 0.4) is 0 Å². The Kier molecular flexibility index (Phi) is 5.14. The van der Waals surface area contributed by atoms with E-state index in [-0.39, 0.29) is 28.8 Å². The molecule has 0 aliphatic heterocycles. The van der Waals surface area contributed by atoms with Gasteiger partial charge in [-0.05, 0) is 47.1 Å². The molecule has 1 aromatic rings. The van der Waals surface area contributed by atoms with E-state index in [1.807, 2.05) is 12.1 Å². The van der Waals surface area contributed by atoms with Gasteiger partial charge in [-0.2, -0.15) is 0 Å². The predicted molar refractivity (Wildman–Crippen MR) is 86.9 cm³/mol. The second kappa shape index (κ2) is 6.13. The quantitative estimate of drug-likeness (QED) is 0.756. The first-order valence-electron chi connectivity index (χ1n) is 7.52. The molecule has 0 aromatic heterocycles. The Morgan fingerprint density at radius 1 is 0.905 bits per heavy atom. The van der Waals surface area contributed by atoms with Crippen LogP contribution in [0.1, 0.15) is 82.8 Å². The van der Waals surface area contributed by atoms with Crippen molar-refractivity contribution in [3.05, 3.63) is 34.9 Å². The van der Waals surface area contributed by atoms with Gasteiger partial charge in [-0.25, -0.2) is 0 Å². The Morgan fingerprint density at radius 3 is 1.67 bits per heavy atom. The molecule has 0 heterocycles. The van der Waals surface area contributed by atoms with E-state index in [0.29, 0.717) is 12.0 Å². The Hall–Kier alpha value is -1.44. The molecule has 1 aromatic carbocycles. The van der Waals surface area contributed by atoms with Crippen LogP contribution >= 0.6 is 0 Å². The first kappa shape index (κ1) is 17.6. The van der Waals surface area contributed by atoms with E-state index in [4.69, 9.17) is 0 Å². The highest BCUT2D eigenvalue weighted by molar-refractivity contribution is 5.98. The van der Waals surface area contributed by atoms with Crippen molar-refractivity contribution in [3.8, 4) is 0 Å². The SMILES string of the molecule is CC(=O)CCC(=O)c1cc(C(C)(C)C)[c]c(C(C)(C)C)c1. The third kappa shape index (κ3) is 5.11. The average molecular weight is 287 g/mol. The van der Waals surface area contributed by atoms with Gasteiger partial charge >= 0.3 is 0 Å². The van der Waals surface area contributed by atoms with Gasteiger partial charge in [0.25, 0.3) is 0 Å². The molecule has 0 fully saturated rings. The topological polar surface area (TPSA) is 34.1 Å². The van der Waals surface area contributed by atoms with Gasteiger partial charge in [-0.1, -0.05) is 41.5 Å². The van der Waals surface area contributed by atoms with Crippen LogP contribution in [0.25, 0.3) is 0 Å². The van der Waals surface area contributed by atoms with Gasteiger partial charge in [0.1, 0.15) is 5.78 Å². The normalized spacial score (nSPS) is 12.3. The Balaban J connectivity index is 3.26. The van der Waals surface area contributed by atoms with Crippen LogP contribution in [0, 0.1) is 6.07 Å². The molecule has 0 bridgehead atoms. The Labute approximate surface area is 128 Å². The van der Waals surface area contributed by atoms with Gasteiger partial charge in [0.05, 0.1) is 0 Å². The van der Waals surface area contributed by atoms with Crippen LogP contribution in [0.15, 0.2) is 12.1 Å². The minimum atomic E-state index is -0.0587. The van der Waals surface area contributed by atoms with Crippen molar-refractivity contribution in [3.63, 3.8) is 0 Å². The largest absolute Gasteiger partial charge is 0.300 e. The molecule has 0 atom stereocenters. The fourth-order valence-electron chi connectivity index (χ4n) is 1.97. The van der Waals surface area contributed by atoms with E-state index in [9.17, 15) is 9.59 Å². The summed E-state index contributed by atoms with van der Waals surface area (Å²) in [6, 6.07) is 7.32. The van der Waals surface area contributed by atoms with Crippen molar-refractivity contribution in [2.75, 3.05) is 0 Å². The van der Waals surface area contributed by atoms with E-state index < -0.39 is 0 Å². The summed E-state index contributed by atoms with van der Waals surface area (Å²) in [5, 5.41) is 0. The van der Waals surface area contributed by atoms with Gasteiger partial charge in [0.15, 0.2) is 5.78 Å². The molecular weight excluding hydrogens is 260 g/mol. The molecule has 0 spiro atoms. The Morgan fingerprint density at radius 2 is 1.33 bits per heavy atom. The van der Waals surface area contributed by atoms with E-state index in [2.05, 4.69) is 47.6 Å². The lowest BCUT2D eigenvalue weighted by Crippen LogP contribution is -2.18. The summed E-state index contributed by atoms with van der Waals surface area (Å²) in [5.74, 6) is 0.0909. The molecule has 0 amide bonds. The van der Waals surface area contributed by atoms with Crippen molar-refractivity contribution in [1.29, 1.82) is 0 Å². The highest BCUT2D eigenvalue weighted by Gasteiger charge is 2.22. The maximum absolute atomic E-state index is 12.3. The zero-order valence-electron chi connectivity index (χ0n) is 14.4. The second-order valence-electron chi connectivity index (χ2n) is 7.82. The molecule has 0 aliphatic rings. The first-order chi connectivity index (χ1) is 9.41. The molecule has 115 valence electrons. The number of rotatable bonds is 4. The summed E-state index contributed by atoms with van der Waals surface area (Å²) < 4.78 is 0. The molecule has 21 heavy (non-hydrogen) atoms. The predicted octanol–water partition coefficient (Wildman–Crippen LogP) is 4.63. The molecule has 2 nitrogen and oxygen atoms in total. The number of benzene rings is 1. The van der Waals surface area contributed by atoms with E-state index >= 15 is 0 Å². The van der Waals surface area contributed by atoms with Crippen LogP contribution in [-0.2, 0) is 15.6 Å². The summed E-state index contributed by atoms with van der Waals surface area (Å²) in [4.78, 5) is 23.4. The van der Waals surface area contributed by atoms with Gasteiger partial charge < -0.3 is 4.79 Å². The van der Waals surface area contributed by atoms with Crippen LogP contribution in [0.5, 0.6) is 0 Å². The second-order valence-corrected chi connectivity index (χ2v) is 7.82. The fourth-order valence-corrected chi connectivity index (χ4v) is 1.97. The maximum atomic E-state index is 12.3. The van der Waals surface area contributed by atoms with Crippen LogP contribution in [0.2, 0.25) is 0 Å². The lowest BCUT2D eigenvalue weighted by Gasteiger charge is -2.25. The molecule has 0 saturated carbocycles. The molecule has 0 aliphatic carbocycles. The lowest BCUT2D eigenvalue weighted by molar-refractivity contribution is -0.116. The lowest BCUT2D eigenvalue weighted by atomic mass is 9.79. The standard InChI is InChI=1S/C19H27O2/c1-13(20)8-9-17(21)14-10-15(18(2,3)4)12-16(11-14)19(5,6)7/h10-11H,8-9H2,1-7H3. The molecule has 1 rings (SSSR count). The molecule has 0 unspecified atom stereocenters. The minimum absolute atomic E-state index is 0.0372. The number of Topliss-reactive ketones (excluding diaryl/α,β-unsaturated/α-hetero) is 2. The van der Waals surface area contributed by atoms with Gasteiger partial charge in [0.2, 0.25) is 0 Å². The zero-order valence-corrected chi connectivity index (χ0v) is 14.4. The molecule has 0 N–H and O–H groups in total. The number of hydrogen-bond acceptors (Lipinski definition) is 2. The van der Waals surface area contributed by atoms with Crippen LogP contribution in [-0.4, -0.2) is 11.6 Å². The van der Waals surface area contributed by atoms with Gasteiger partial charge in [-0.3, -0.25) is 4.79 Å².